The highest BCUT2D eigenvalue weighted by Gasteiger charge is 2.14. The fraction of sp³-hybridized carbons (Fsp3) is 0.125. The number of hydrogen-bond donors (Lipinski definition) is 3. The molecule has 0 atom stereocenters. The van der Waals surface area contributed by atoms with Crippen molar-refractivity contribution in [1.82, 2.24) is 10.3 Å². The lowest BCUT2D eigenvalue weighted by atomic mass is 10.1. The van der Waals surface area contributed by atoms with Crippen LogP contribution in [0.1, 0.15) is 12.5 Å². The summed E-state index contributed by atoms with van der Waals surface area (Å²) in [7, 11) is 0. The van der Waals surface area contributed by atoms with Gasteiger partial charge in [0.2, 0.25) is 5.89 Å². The molecule has 0 saturated heterocycles. The maximum atomic E-state index is 12.0. The lowest BCUT2D eigenvalue weighted by Gasteiger charge is -2.11. The maximum Gasteiger partial charge on any atom is 0.264 e. The molecular weight excluding hydrogens is 426 g/mol. The van der Waals surface area contributed by atoms with Crippen molar-refractivity contribution in [2.24, 2.45) is 0 Å². The number of aryl methyl sites for hydroxylation is 1. The molecule has 0 aliphatic rings. The number of aromatic nitrogens is 1. The fourth-order valence-electron chi connectivity index (χ4n) is 3.09. The van der Waals surface area contributed by atoms with Crippen LogP contribution in [0.25, 0.3) is 22.6 Å². The smallest absolute Gasteiger partial charge is 0.264 e. The number of carbonyl (C=O) groups excluding carboxylic acids is 1. The Morgan fingerprint density at radius 2 is 1.94 bits per heavy atom. The molecule has 0 unspecified atom stereocenters. The van der Waals surface area contributed by atoms with Gasteiger partial charge in [-0.05, 0) is 60.6 Å². The Morgan fingerprint density at radius 3 is 2.69 bits per heavy atom. The number of aromatic hydroxyl groups is 1. The van der Waals surface area contributed by atoms with E-state index in [4.69, 9.17) is 21.4 Å². The largest absolute Gasteiger partial charge is 0.507 e. The topological polar surface area (TPSA) is 96.6 Å². The Kier molecular flexibility index (Phi) is 6.32. The number of rotatable bonds is 6. The predicted molar refractivity (Wildman–Crippen MR) is 127 cm³/mol. The van der Waals surface area contributed by atoms with Crippen LogP contribution in [-0.2, 0) is 11.2 Å². The lowest BCUT2D eigenvalue weighted by Crippen LogP contribution is -2.37. The summed E-state index contributed by atoms with van der Waals surface area (Å²) in [5, 5.41) is 16.0. The Balaban J connectivity index is 1.38. The van der Waals surface area contributed by atoms with Crippen LogP contribution in [0.2, 0.25) is 0 Å². The Labute approximate surface area is 190 Å². The number of phenols is 1. The monoisotopic (exact) mass is 447 g/mol. The number of benzene rings is 3. The standard InChI is InChI=1S/C24H21N3O4S/c1-2-15-8-11-21-19(12-15)26-23(31-21)18-10-9-16(13-20(18)28)25-24(32)27-22(29)14-30-17-6-4-3-5-7-17/h3-13,28H,2,14H2,1H3,(H2,25,27,29,32). The first kappa shape index (κ1) is 21.3. The number of thiocarbonyl (C=S) groups is 1. The van der Waals surface area contributed by atoms with Gasteiger partial charge < -0.3 is 19.6 Å². The Bertz CT molecular complexity index is 1270. The van der Waals surface area contributed by atoms with E-state index < -0.39 is 5.91 Å². The van der Waals surface area contributed by atoms with Gasteiger partial charge in [-0.25, -0.2) is 4.98 Å². The van der Waals surface area contributed by atoms with Crippen molar-refractivity contribution in [2.75, 3.05) is 11.9 Å². The van der Waals surface area contributed by atoms with Crippen LogP contribution in [0.4, 0.5) is 5.69 Å². The number of nitrogens with one attached hydrogen (secondary N) is 2. The van der Waals surface area contributed by atoms with E-state index in [1.807, 2.05) is 36.4 Å². The first-order valence-electron chi connectivity index (χ1n) is 10.0. The zero-order chi connectivity index (χ0) is 22.5. The molecule has 162 valence electrons. The van der Waals surface area contributed by atoms with Crippen molar-refractivity contribution in [3.8, 4) is 23.0 Å². The maximum absolute atomic E-state index is 12.0. The van der Waals surface area contributed by atoms with Gasteiger partial charge in [-0.3, -0.25) is 10.1 Å². The summed E-state index contributed by atoms with van der Waals surface area (Å²) in [6, 6.07) is 19.7. The first-order chi connectivity index (χ1) is 15.5. The molecule has 3 N–H and O–H groups in total. The quantitative estimate of drug-likeness (QED) is 0.370. The average Bonchev–Trinajstić information content (AvgIpc) is 3.21. The molecule has 32 heavy (non-hydrogen) atoms. The first-order valence-corrected chi connectivity index (χ1v) is 10.4. The number of nitrogens with zero attached hydrogens (tertiary/aromatic N) is 1. The van der Waals surface area contributed by atoms with Gasteiger partial charge in [0.05, 0.1) is 5.56 Å². The van der Waals surface area contributed by atoms with Crippen LogP contribution in [0.3, 0.4) is 0 Å². The molecule has 0 aliphatic carbocycles. The van der Waals surface area contributed by atoms with Gasteiger partial charge >= 0.3 is 0 Å². The van der Waals surface area contributed by atoms with E-state index in [2.05, 4.69) is 22.5 Å². The zero-order valence-electron chi connectivity index (χ0n) is 17.3. The predicted octanol–water partition coefficient (Wildman–Crippen LogP) is 4.65. The summed E-state index contributed by atoms with van der Waals surface area (Å²) in [5.74, 6) is 0.488. The minimum atomic E-state index is -0.398. The summed E-state index contributed by atoms with van der Waals surface area (Å²) in [4.78, 5) is 16.5. The average molecular weight is 448 g/mol. The van der Waals surface area contributed by atoms with Crippen molar-refractivity contribution in [3.05, 3.63) is 72.3 Å². The van der Waals surface area contributed by atoms with E-state index in [1.165, 1.54) is 6.07 Å². The molecule has 0 spiro atoms. The fourth-order valence-corrected chi connectivity index (χ4v) is 3.32. The molecule has 7 nitrogen and oxygen atoms in total. The molecule has 0 fully saturated rings. The molecule has 1 aromatic heterocycles. The molecular formula is C24H21N3O4S. The summed E-state index contributed by atoms with van der Waals surface area (Å²) < 4.78 is 11.2. The van der Waals surface area contributed by atoms with E-state index in [1.54, 1.807) is 24.3 Å². The number of hydrogen-bond acceptors (Lipinski definition) is 6. The molecule has 1 amide bonds. The van der Waals surface area contributed by atoms with Gasteiger partial charge in [-0.15, -0.1) is 0 Å². The van der Waals surface area contributed by atoms with E-state index >= 15 is 0 Å². The number of para-hydroxylation sites is 1. The minimum Gasteiger partial charge on any atom is -0.507 e. The third kappa shape index (κ3) is 5.04. The molecule has 3 aromatic carbocycles. The van der Waals surface area contributed by atoms with Crippen molar-refractivity contribution in [3.63, 3.8) is 0 Å². The van der Waals surface area contributed by atoms with Gasteiger partial charge in [0.15, 0.2) is 17.3 Å². The SMILES string of the molecule is CCc1ccc2oc(-c3ccc(NC(=S)NC(=O)COc4ccccc4)cc3O)nc2c1. The van der Waals surface area contributed by atoms with E-state index in [0.717, 1.165) is 17.5 Å². The highest BCUT2D eigenvalue weighted by Crippen LogP contribution is 2.33. The number of phenolic OH excluding ortho intramolecular Hbond substituents is 1. The summed E-state index contributed by atoms with van der Waals surface area (Å²) >= 11 is 5.17. The van der Waals surface area contributed by atoms with Gasteiger partial charge in [-0.2, -0.15) is 0 Å². The molecule has 0 bridgehead atoms. The molecule has 8 heteroatoms. The number of oxazole rings is 1. The highest BCUT2D eigenvalue weighted by molar-refractivity contribution is 7.80. The third-order valence-electron chi connectivity index (χ3n) is 4.71. The van der Waals surface area contributed by atoms with Crippen LogP contribution >= 0.6 is 12.2 Å². The number of anilines is 1. The second-order valence-corrected chi connectivity index (χ2v) is 7.42. The van der Waals surface area contributed by atoms with E-state index in [0.29, 0.717) is 28.5 Å². The normalized spacial score (nSPS) is 10.7. The van der Waals surface area contributed by atoms with Crippen LogP contribution in [0, 0.1) is 0 Å². The zero-order valence-corrected chi connectivity index (χ0v) is 18.1. The van der Waals surface area contributed by atoms with E-state index in [-0.39, 0.29) is 17.5 Å². The molecule has 1 heterocycles. The second kappa shape index (κ2) is 9.49. The summed E-state index contributed by atoms with van der Waals surface area (Å²) in [6.45, 7) is 1.90. The Morgan fingerprint density at radius 1 is 1.12 bits per heavy atom. The van der Waals surface area contributed by atoms with Gasteiger partial charge in [0.25, 0.3) is 5.91 Å². The van der Waals surface area contributed by atoms with Crippen LogP contribution < -0.4 is 15.4 Å². The summed E-state index contributed by atoms with van der Waals surface area (Å²) in [5.41, 5.74) is 3.51. The van der Waals surface area contributed by atoms with Gasteiger partial charge in [0.1, 0.15) is 17.0 Å². The number of fused-ring (bicyclic) bond motifs is 1. The molecule has 0 radical (unpaired) electrons. The lowest BCUT2D eigenvalue weighted by molar-refractivity contribution is -0.121. The third-order valence-corrected chi connectivity index (χ3v) is 4.92. The van der Waals surface area contributed by atoms with Gasteiger partial charge in [0, 0.05) is 11.8 Å². The molecule has 4 aromatic rings. The highest BCUT2D eigenvalue weighted by atomic mass is 32.1. The van der Waals surface area contributed by atoms with Gasteiger partial charge in [-0.1, -0.05) is 31.2 Å². The van der Waals surface area contributed by atoms with Crippen molar-refractivity contribution in [1.29, 1.82) is 0 Å². The van der Waals surface area contributed by atoms with Crippen molar-refractivity contribution < 1.29 is 19.1 Å². The number of ether oxygens (including phenoxy) is 1. The van der Waals surface area contributed by atoms with Crippen LogP contribution in [-0.4, -0.2) is 27.7 Å². The molecule has 0 saturated carbocycles. The molecule has 0 aliphatic heterocycles. The number of amides is 1. The molecule has 4 rings (SSSR count). The van der Waals surface area contributed by atoms with Crippen LogP contribution in [0.5, 0.6) is 11.5 Å². The second-order valence-electron chi connectivity index (χ2n) is 7.01. The summed E-state index contributed by atoms with van der Waals surface area (Å²) in [6.07, 6.45) is 0.901. The Hall–Kier alpha value is -3.91. The number of carbonyl (C=O) groups is 1. The van der Waals surface area contributed by atoms with Crippen molar-refractivity contribution in [2.45, 2.75) is 13.3 Å². The van der Waals surface area contributed by atoms with Crippen LogP contribution in [0.15, 0.2) is 71.1 Å². The van der Waals surface area contributed by atoms with E-state index in [9.17, 15) is 9.90 Å². The van der Waals surface area contributed by atoms with Crippen molar-refractivity contribution >= 4 is 40.0 Å². The minimum absolute atomic E-state index is 0.0289.